The van der Waals surface area contributed by atoms with Crippen molar-refractivity contribution >= 4 is 23.2 Å². The minimum atomic E-state index is -0.433. The minimum absolute atomic E-state index is 0.0830. The molecule has 1 saturated carbocycles. The first kappa shape index (κ1) is 24.8. The number of nitrogens with zero attached hydrogens (tertiary/aromatic N) is 6. The molecule has 0 bridgehead atoms. The van der Waals surface area contributed by atoms with Gasteiger partial charge in [0.1, 0.15) is 11.8 Å². The third-order valence-electron chi connectivity index (χ3n) is 7.85. The Balaban J connectivity index is 1.16. The molecule has 3 aromatic heterocycles. The number of likely N-dealkylation sites (tertiary alicyclic amines) is 1. The van der Waals surface area contributed by atoms with Crippen molar-refractivity contribution in [3.05, 3.63) is 76.7 Å². The fraction of sp³-hybridized carbons (Fsp3) is 0.379. The maximum atomic E-state index is 11.0. The lowest BCUT2D eigenvalue weighted by molar-refractivity contribution is 0.0566. The van der Waals surface area contributed by atoms with Crippen LogP contribution in [0.25, 0.3) is 17.0 Å². The number of anilines is 1. The Bertz CT molecular complexity index is 1480. The highest BCUT2D eigenvalue weighted by Gasteiger charge is 2.34. The van der Waals surface area contributed by atoms with Crippen molar-refractivity contribution in [1.82, 2.24) is 24.3 Å². The molecule has 4 aromatic rings. The molecule has 0 spiro atoms. The Kier molecular flexibility index (Phi) is 6.75. The highest BCUT2D eigenvalue weighted by atomic mass is 35.5. The van der Waals surface area contributed by atoms with E-state index >= 15 is 0 Å². The standard InChI is InChI=1S/C29H30ClN7O/c1-18(19-4-6-20(7-5-19)27(38)21-10-13-36(14-11-21)23-8-9-23)34-29-33-16-22(15-31)26(35-29)25-17-32-28-24(30)3-2-12-37(25)28/h2-7,12,16-18,21,23,27,38H,8-11,13-14H2,1H3,(H,33,34,35)/t18?,27-/m1/s1. The van der Waals surface area contributed by atoms with E-state index in [1.807, 2.05) is 47.9 Å². The number of imidazole rings is 1. The number of aromatic nitrogens is 4. The van der Waals surface area contributed by atoms with Crippen molar-refractivity contribution in [1.29, 1.82) is 5.26 Å². The van der Waals surface area contributed by atoms with Crippen LogP contribution < -0.4 is 5.32 Å². The second-order valence-electron chi connectivity index (χ2n) is 10.3. The summed E-state index contributed by atoms with van der Waals surface area (Å²) in [7, 11) is 0. The number of aliphatic hydroxyl groups is 1. The zero-order valence-electron chi connectivity index (χ0n) is 21.3. The van der Waals surface area contributed by atoms with Gasteiger partial charge in [-0.05, 0) is 74.9 Å². The summed E-state index contributed by atoms with van der Waals surface area (Å²) in [5.74, 6) is 0.724. The summed E-state index contributed by atoms with van der Waals surface area (Å²) < 4.78 is 1.82. The molecule has 0 amide bonds. The van der Waals surface area contributed by atoms with Crippen LogP contribution in [0.5, 0.6) is 0 Å². The number of fused-ring (bicyclic) bond motifs is 1. The molecule has 6 rings (SSSR count). The monoisotopic (exact) mass is 527 g/mol. The summed E-state index contributed by atoms with van der Waals surface area (Å²) in [6.07, 6.45) is 9.37. The van der Waals surface area contributed by atoms with E-state index in [1.165, 1.54) is 19.0 Å². The molecule has 2 aliphatic rings. The van der Waals surface area contributed by atoms with Crippen molar-refractivity contribution in [2.24, 2.45) is 5.92 Å². The highest BCUT2D eigenvalue weighted by Crippen LogP contribution is 2.36. The number of nitriles is 1. The van der Waals surface area contributed by atoms with Crippen LogP contribution in [-0.2, 0) is 0 Å². The highest BCUT2D eigenvalue weighted by molar-refractivity contribution is 6.33. The first-order chi connectivity index (χ1) is 18.5. The maximum Gasteiger partial charge on any atom is 0.223 e. The number of pyridine rings is 1. The summed E-state index contributed by atoms with van der Waals surface area (Å²) in [4.78, 5) is 16.0. The number of benzene rings is 1. The van der Waals surface area contributed by atoms with Gasteiger partial charge in [-0.1, -0.05) is 35.9 Å². The molecule has 1 aromatic carbocycles. The van der Waals surface area contributed by atoms with E-state index in [2.05, 4.69) is 31.2 Å². The number of halogens is 1. The number of rotatable bonds is 7. The number of hydrogen-bond acceptors (Lipinski definition) is 7. The maximum absolute atomic E-state index is 11.0. The van der Waals surface area contributed by atoms with Crippen molar-refractivity contribution in [3.63, 3.8) is 0 Å². The van der Waals surface area contributed by atoms with Crippen LogP contribution in [0.3, 0.4) is 0 Å². The second kappa shape index (κ2) is 10.3. The fourth-order valence-corrected chi connectivity index (χ4v) is 5.66. The third-order valence-corrected chi connectivity index (χ3v) is 8.14. The van der Waals surface area contributed by atoms with Crippen LogP contribution in [0.2, 0.25) is 5.02 Å². The quantitative estimate of drug-likeness (QED) is 0.332. The average Bonchev–Trinajstić information content (AvgIpc) is 3.71. The molecule has 194 valence electrons. The predicted molar refractivity (Wildman–Crippen MR) is 147 cm³/mol. The van der Waals surface area contributed by atoms with Gasteiger partial charge in [0, 0.05) is 12.2 Å². The van der Waals surface area contributed by atoms with Crippen molar-refractivity contribution in [2.75, 3.05) is 18.4 Å². The van der Waals surface area contributed by atoms with Gasteiger partial charge in [0.2, 0.25) is 5.95 Å². The summed E-state index contributed by atoms with van der Waals surface area (Å²) in [6, 6.07) is 14.6. The normalized spacial score (nSPS) is 18.3. The molecular weight excluding hydrogens is 498 g/mol. The molecule has 1 saturated heterocycles. The van der Waals surface area contributed by atoms with Crippen LogP contribution in [-0.4, -0.2) is 48.5 Å². The zero-order chi connectivity index (χ0) is 26.2. The molecule has 2 N–H and O–H groups in total. The number of aliphatic hydroxyl groups excluding tert-OH is 1. The van der Waals surface area contributed by atoms with Gasteiger partial charge in [-0.25, -0.2) is 15.0 Å². The minimum Gasteiger partial charge on any atom is -0.388 e. The number of nitrogens with one attached hydrogen (secondary N) is 1. The van der Waals surface area contributed by atoms with E-state index in [4.69, 9.17) is 11.6 Å². The van der Waals surface area contributed by atoms with Gasteiger partial charge in [0.15, 0.2) is 5.65 Å². The smallest absolute Gasteiger partial charge is 0.223 e. The Hall–Kier alpha value is -3.51. The lowest BCUT2D eigenvalue weighted by Crippen LogP contribution is -2.37. The molecule has 2 fully saturated rings. The molecule has 4 heterocycles. The van der Waals surface area contributed by atoms with Crippen molar-refractivity contribution in [2.45, 2.75) is 50.8 Å². The van der Waals surface area contributed by atoms with Crippen LogP contribution in [0.15, 0.2) is 55.0 Å². The summed E-state index contributed by atoms with van der Waals surface area (Å²) in [5.41, 5.74) is 4.13. The van der Waals surface area contributed by atoms with Gasteiger partial charge < -0.3 is 15.3 Å². The van der Waals surface area contributed by atoms with Gasteiger partial charge in [-0.2, -0.15) is 5.26 Å². The third kappa shape index (κ3) is 4.85. The SMILES string of the molecule is CC(Nc1ncc(C#N)c(-c2cnc3c(Cl)cccn23)n1)c1ccc([C@@H](O)C2CCN(C3CC3)CC2)cc1. The van der Waals surface area contributed by atoms with Crippen LogP contribution in [0.4, 0.5) is 5.95 Å². The molecule has 38 heavy (non-hydrogen) atoms. The van der Waals surface area contributed by atoms with Gasteiger partial charge in [0.25, 0.3) is 0 Å². The van der Waals surface area contributed by atoms with E-state index in [9.17, 15) is 10.4 Å². The molecule has 1 aliphatic carbocycles. The molecule has 1 aliphatic heterocycles. The zero-order valence-corrected chi connectivity index (χ0v) is 22.0. The van der Waals surface area contributed by atoms with E-state index in [-0.39, 0.29) is 6.04 Å². The Morgan fingerprint density at radius 2 is 1.79 bits per heavy atom. The summed E-state index contributed by atoms with van der Waals surface area (Å²) in [6.45, 7) is 4.23. The largest absolute Gasteiger partial charge is 0.388 e. The van der Waals surface area contributed by atoms with Gasteiger partial charge in [-0.3, -0.25) is 4.40 Å². The van der Waals surface area contributed by atoms with Crippen molar-refractivity contribution < 1.29 is 5.11 Å². The lowest BCUT2D eigenvalue weighted by atomic mass is 9.87. The first-order valence-corrected chi connectivity index (χ1v) is 13.6. The molecule has 2 atom stereocenters. The molecule has 1 unspecified atom stereocenters. The van der Waals surface area contributed by atoms with Crippen LogP contribution in [0, 0.1) is 17.2 Å². The van der Waals surface area contributed by atoms with E-state index in [0.717, 1.165) is 43.1 Å². The molecule has 9 heteroatoms. The summed E-state index contributed by atoms with van der Waals surface area (Å²) >= 11 is 6.28. The van der Waals surface area contributed by atoms with E-state index in [1.54, 1.807) is 12.3 Å². The fourth-order valence-electron chi connectivity index (χ4n) is 5.45. The molecular formula is C29H30ClN7O. The van der Waals surface area contributed by atoms with Gasteiger partial charge >= 0.3 is 0 Å². The molecule has 0 radical (unpaired) electrons. The van der Waals surface area contributed by atoms with Gasteiger partial charge in [0.05, 0.1) is 40.8 Å². The lowest BCUT2D eigenvalue weighted by Gasteiger charge is -2.34. The second-order valence-corrected chi connectivity index (χ2v) is 10.8. The Morgan fingerprint density at radius 1 is 1.05 bits per heavy atom. The number of hydrogen-bond donors (Lipinski definition) is 2. The van der Waals surface area contributed by atoms with Crippen molar-refractivity contribution in [3.8, 4) is 17.5 Å². The Labute approximate surface area is 226 Å². The van der Waals surface area contributed by atoms with Gasteiger partial charge in [-0.15, -0.1) is 0 Å². The molecule has 8 nitrogen and oxygen atoms in total. The number of piperidine rings is 1. The van der Waals surface area contributed by atoms with Crippen LogP contribution in [0.1, 0.15) is 61.4 Å². The van der Waals surface area contributed by atoms with E-state index < -0.39 is 6.10 Å². The summed E-state index contributed by atoms with van der Waals surface area (Å²) in [5, 5.41) is 24.6. The van der Waals surface area contributed by atoms with Crippen LogP contribution >= 0.6 is 11.6 Å². The first-order valence-electron chi connectivity index (χ1n) is 13.2. The average molecular weight is 528 g/mol. The Morgan fingerprint density at radius 3 is 2.50 bits per heavy atom. The topological polar surface area (TPSA) is 102 Å². The van der Waals surface area contributed by atoms with E-state index in [0.29, 0.717) is 39.5 Å². The predicted octanol–water partition coefficient (Wildman–Crippen LogP) is 5.40.